The summed E-state index contributed by atoms with van der Waals surface area (Å²) < 4.78 is 10.1. The Kier molecular flexibility index (Phi) is 4.41. The van der Waals surface area contributed by atoms with Crippen LogP contribution in [-0.2, 0) is 16.0 Å². The number of rotatable bonds is 5. The highest BCUT2D eigenvalue weighted by atomic mass is 16.5. The molecular formula is C17H18O3. The van der Waals surface area contributed by atoms with Crippen molar-refractivity contribution in [1.82, 2.24) is 0 Å². The molecular weight excluding hydrogens is 252 g/mol. The number of esters is 1. The number of methoxy groups -OCH3 is 1. The number of fused-ring (bicyclic) bond motifs is 1. The van der Waals surface area contributed by atoms with Gasteiger partial charge in [-0.25, -0.2) is 0 Å². The van der Waals surface area contributed by atoms with Crippen LogP contribution in [0.15, 0.2) is 48.7 Å². The highest BCUT2D eigenvalue weighted by Crippen LogP contribution is 2.22. The van der Waals surface area contributed by atoms with Crippen molar-refractivity contribution in [3.8, 4) is 5.75 Å². The van der Waals surface area contributed by atoms with E-state index < -0.39 is 0 Å². The van der Waals surface area contributed by atoms with Crippen LogP contribution in [-0.4, -0.2) is 13.1 Å². The van der Waals surface area contributed by atoms with Gasteiger partial charge in [0.2, 0.25) is 0 Å². The first-order valence-electron chi connectivity index (χ1n) is 6.51. The average Bonchev–Trinajstić information content (AvgIpc) is 2.43. The van der Waals surface area contributed by atoms with Gasteiger partial charge < -0.3 is 9.47 Å². The number of aryl methyl sites for hydroxylation is 1. The van der Waals surface area contributed by atoms with Crippen LogP contribution in [0.2, 0.25) is 0 Å². The molecule has 0 unspecified atom stereocenters. The Morgan fingerprint density at radius 1 is 1.15 bits per heavy atom. The maximum absolute atomic E-state index is 10.8. The Balaban J connectivity index is 2.08. The monoisotopic (exact) mass is 270 g/mol. The summed E-state index contributed by atoms with van der Waals surface area (Å²) in [6.07, 6.45) is 1.44. The Labute approximate surface area is 118 Å². The van der Waals surface area contributed by atoms with E-state index in [4.69, 9.17) is 9.47 Å². The highest BCUT2D eigenvalue weighted by molar-refractivity contribution is 5.84. The van der Waals surface area contributed by atoms with E-state index in [1.165, 1.54) is 17.9 Å². The molecule has 20 heavy (non-hydrogen) atoms. The van der Waals surface area contributed by atoms with Gasteiger partial charge in [0, 0.05) is 13.3 Å². The van der Waals surface area contributed by atoms with Crippen molar-refractivity contribution in [2.24, 2.45) is 0 Å². The van der Waals surface area contributed by atoms with Crippen molar-refractivity contribution in [3.05, 3.63) is 54.3 Å². The maximum atomic E-state index is 10.8. The molecule has 0 aliphatic rings. The number of hydrogen-bond acceptors (Lipinski definition) is 3. The number of hydrogen-bond donors (Lipinski definition) is 0. The molecule has 0 radical (unpaired) electrons. The largest absolute Gasteiger partial charge is 0.497 e. The second-order valence-corrected chi connectivity index (χ2v) is 4.68. The van der Waals surface area contributed by atoms with Crippen LogP contribution in [0.4, 0.5) is 0 Å². The molecule has 0 atom stereocenters. The molecule has 3 nitrogen and oxygen atoms in total. The van der Waals surface area contributed by atoms with Gasteiger partial charge >= 0.3 is 5.97 Å². The first-order valence-corrected chi connectivity index (χ1v) is 6.51. The van der Waals surface area contributed by atoms with Gasteiger partial charge in [-0.1, -0.05) is 30.8 Å². The third-order valence-corrected chi connectivity index (χ3v) is 3.09. The lowest BCUT2D eigenvalue weighted by atomic mass is 10.0. The van der Waals surface area contributed by atoms with Crippen LogP contribution in [0, 0.1) is 0 Å². The van der Waals surface area contributed by atoms with E-state index in [9.17, 15) is 4.79 Å². The minimum Gasteiger partial charge on any atom is -0.497 e. The van der Waals surface area contributed by atoms with Gasteiger partial charge in [0.25, 0.3) is 0 Å². The van der Waals surface area contributed by atoms with Crippen LogP contribution >= 0.6 is 0 Å². The molecule has 0 amide bonds. The number of benzene rings is 2. The summed E-state index contributed by atoms with van der Waals surface area (Å²) in [6.45, 7) is 5.12. The van der Waals surface area contributed by atoms with Crippen molar-refractivity contribution in [3.63, 3.8) is 0 Å². The molecule has 2 rings (SSSR count). The first kappa shape index (κ1) is 14.1. The Bertz CT molecular complexity index is 644. The number of allylic oxidation sites excluding steroid dienone is 1. The van der Waals surface area contributed by atoms with Gasteiger partial charge in [0.15, 0.2) is 0 Å². The van der Waals surface area contributed by atoms with Crippen LogP contribution in [0.5, 0.6) is 5.75 Å². The molecule has 104 valence electrons. The summed E-state index contributed by atoms with van der Waals surface area (Å²) >= 11 is 0. The van der Waals surface area contributed by atoms with E-state index in [-0.39, 0.29) is 5.97 Å². The minimum absolute atomic E-state index is 0.319. The minimum atomic E-state index is -0.319. The maximum Gasteiger partial charge on any atom is 0.307 e. The first-order chi connectivity index (χ1) is 9.58. The van der Waals surface area contributed by atoms with Crippen molar-refractivity contribution >= 4 is 16.7 Å². The average molecular weight is 270 g/mol. The molecule has 0 aliphatic heterocycles. The fraction of sp³-hybridized carbons (Fsp3) is 0.235. The molecule has 0 aliphatic carbocycles. The third kappa shape index (κ3) is 3.60. The zero-order chi connectivity index (χ0) is 14.5. The second kappa shape index (κ2) is 6.24. The summed E-state index contributed by atoms with van der Waals surface area (Å²) in [5, 5.41) is 2.31. The molecule has 3 heteroatoms. The lowest BCUT2D eigenvalue weighted by Crippen LogP contribution is -1.99. The molecule has 0 saturated heterocycles. The van der Waals surface area contributed by atoms with Gasteiger partial charge in [0.1, 0.15) is 11.5 Å². The number of ether oxygens (including phenoxy) is 2. The van der Waals surface area contributed by atoms with E-state index in [0.29, 0.717) is 12.2 Å². The van der Waals surface area contributed by atoms with E-state index in [1.54, 1.807) is 7.11 Å². The number of carbonyl (C=O) groups excluding carboxylic acids is 1. The zero-order valence-corrected chi connectivity index (χ0v) is 11.8. The van der Waals surface area contributed by atoms with Crippen molar-refractivity contribution in [2.45, 2.75) is 19.8 Å². The summed E-state index contributed by atoms with van der Waals surface area (Å²) in [5.41, 5.74) is 1.19. The normalized spacial score (nSPS) is 10.3. The van der Waals surface area contributed by atoms with Crippen LogP contribution in [0.1, 0.15) is 18.9 Å². The standard InChI is InChI=1S/C17H18O3/c1-12(20-13(2)18)4-5-14-6-7-16-11-17(19-3)9-8-15(16)10-14/h6-11H,1,4-5H2,2-3H3. The smallest absolute Gasteiger partial charge is 0.307 e. The van der Waals surface area contributed by atoms with E-state index >= 15 is 0 Å². The van der Waals surface area contributed by atoms with Crippen molar-refractivity contribution in [1.29, 1.82) is 0 Å². The molecule has 0 heterocycles. The molecule has 2 aromatic rings. The third-order valence-electron chi connectivity index (χ3n) is 3.09. The lowest BCUT2D eigenvalue weighted by Gasteiger charge is -2.07. The molecule has 2 aromatic carbocycles. The van der Waals surface area contributed by atoms with E-state index in [0.717, 1.165) is 17.6 Å². The summed E-state index contributed by atoms with van der Waals surface area (Å²) in [4.78, 5) is 10.8. The van der Waals surface area contributed by atoms with Crippen molar-refractivity contribution < 1.29 is 14.3 Å². The van der Waals surface area contributed by atoms with E-state index in [1.807, 2.05) is 18.2 Å². The SMILES string of the molecule is C=C(CCc1ccc2cc(OC)ccc2c1)OC(C)=O. The number of carbonyl (C=O) groups is 1. The molecule has 0 aromatic heterocycles. The molecule has 0 spiro atoms. The van der Waals surface area contributed by atoms with Gasteiger partial charge in [-0.3, -0.25) is 4.79 Å². The topological polar surface area (TPSA) is 35.5 Å². The molecule has 0 fully saturated rings. The second-order valence-electron chi connectivity index (χ2n) is 4.68. The van der Waals surface area contributed by atoms with E-state index in [2.05, 4.69) is 24.8 Å². The predicted octanol–water partition coefficient (Wildman–Crippen LogP) is 3.86. The van der Waals surface area contributed by atoms with Gasteiger partial charge in [-0.15, -0.1) is 0 Å². The van der Waals surface area contributed by atoms with Crippen LogP contribution < -0.4 is 4.74 Å². The summed E-state index contributed by atoms with van der Waals surface area (Å²) in [6, 6.07) is 12.3. The molecule has 0 bridgehead atoms. The quantitative estimate of drug-likeness (QED) is 0.611. The Morgan fingerprint density at radius 2 is 1.85 bits per heavy atom. The van der Waals surface area contributed by atoms with Crippen LogP contribution in [0.3, 0.4) is 0 Å². The Morgan fingerprint density at radius 3 is 2.55 bits per heavy atom. The zero-order valence-electron chi connectivity index (χ0n) is 11.8. The molecule has 0 saturated carbocycles. The summed E-state index contributed by atoms with van der Waals surface area (Å²) in [5.74, 6) is 1.04. The van der Waals surface area contributed by atoms with Gasteiger partial charge in [-0.2, -0.15) is 0 Å². The van der Waals surface area contributed by atoms with Gasteiger partial charge in [-0.05, 0) is 34.9 Å². The predicted molar refractivity (Wildman–Crippen MR) is 79.7 cm³/mol. The highest BCUT2D eigenvalue weighted by Gasteiger charge is 2.02. The van der Waals surface area contributed by atoms with Crippen molar-refractivity contribution in [2.75, 3.05) is 7.11 Å². The summed E-state index contributed by atoms with van der Waals surface area (Å²) in [7, 11) is 1.66. The van der Waals surface area contributed by atoms with Gasteiger partial charge in [0.05, 0.1) is 7.11 Å². The fourth-order valence-corrected chi connectivity index (χ4v) is 2.09. The lowest BCUT2D eigenvalue weighted by molar-refractivity contribution is -0.137. The fourth-order valence-electron chi connectivity index (χ4n) is 2.09. The Hall–Kier alpha value is -2.29. The molecule has 0 N–H and O–H groups in total. The van der Waals surface area contributed by atoms with Crippen LogP contribution in [0.25, 0.3) is 10.8 Å².